The first-order valence-electron chi connectivity index (χ1n) is 8.16. The van der Waals surface area contributed by atoms with Crippen LogP contribution in [0.15, 0.2) is 42.9 Å². The van der Waals surface area contributed by atoms with Crippen LogP contribution in [0.4, 0.5) is 0 Å². The van der Waals surface area contributed by atoms with E-state index < -0.39 is 12.0 Å². The average molecular weight is 357 g/mol. The number of carbonyl (C=O) groups excluding carboxylic acids is 1. The van der Waals surface area contributed by atoms with Gasteiger partial charge in [0, 0.05) is 37.7 Å². The van der Waals surface area contributed by atoms with Crippen LogP contribution in [0.3, 0.4) is 0 Å². The Kier molecular flexibility index (Phi) is 5.43. The summed E-state index contributed by atoms with van der Waals surface area (Å²) in [5.41, 5.74) is 0.415. The highest BCUT2D eigenvalue weighted by Crippen LogP contribution is 2.26. The summed E-state index contributed by atoms with van der Waals surface area (Å²) in [6.45, 7) is 0.364. The normalized spacial score (nSPS) is 19.3. The first kappa shape index (κ1) is 17.8. The van der Waals surface area contributed by atoms with Gasteiger partial charge < -0.3 is 19.5 Å². The van der Waals surface area contributed by atoms with E-state index in [-0.39, 0.29) is 18.4 Å². The molecule has 0 spiro atoms. The molecule has 1 aliphatic heterocycles. The Labute approximate surface area is 150 Å². The molecule has 136 valence electrons. The van der Waals surface area contributed by atoms with E-state index in [1.807, 2.05) is 0 Å². The Bertz CT molecular complexity index is 783. The second-order valence-corrected chi connectivity index (χ2v) is 5.98. The third-order valence-electron chi connectivity index (χ3n) is 4.22. The summed E-state index contributed by atoms with van der Waals surface area (Å²) >= 11 is 0. The summed E-state index contributed by atoms with van der Waals surface area (Å²) in [6, 6.07) is 6.30. The fraction of sp³-hybridized carbons (Fsp3) is 0.333. The number of ether oxygens (including phenoxy) is 2. The molecular formula is C18H19N3O5. The Morgan fingerprint density at radius 3 is 2.88 bits per heavy atom. The van der Waals surface area contributed by atoms with Crippen molar-refractivity contribution in [2.75, 3.05) is 13.7 Å². The van der Waals surface area contributed by atoms with Gasteiger partial charge >= 0.3 is 5.97 Å². The topological polar surface area (TPSA) is 102 Å². The molecule has 1 aromatic carbocycles. The van der Waals surface area contributed by atoms with E-state index in [1.165, 1.54) is 18.6 Å². The largest absolute Gasteiger partial charge is 0.481 e. The third-order valence-corrected chi connectivity index (χ3v) is 4.22. The van der Waals surface area contributed by atoms with E-state index in [4.69, 9.17) is 14.6 Å². The summed E-state index contributed by atoms with van der Waals surface area (Å²) in [6.07, 6.45) is 4.75. The smallest absolute Gasteiger partial charge is 0.305 e. The molecule has 2 atom stereocenters. The maximum atomic E-state index is 12.9. The molecule has 0 radical (unpaired) electrons. The summed E-state index contributed by atoms with van der Waals surface area (Å²) in [7, 11) is 1.56. The van der Waals surface area contributed by atoms with Crippen LogP contribution in [-0.2, 0) is 9.53 Å². The molecule has 2 unspecified atom stereocenters. The quantitative estimate of drug-likeness (QED) is 0.843. The van der Waals surface area contributed by atoms with Crippen molar-refractivity contribution in [3.05, 3.63) is 48.4 Å². The second kappa shape index (κ2) is 7.92. The van der Waals surface area contributed by atoms with Crippen LogP contribution in [0.25, 0.3) is 0 Å². The van der Waals surface area contributed by atoms with Crippen LogP contribution in [0.2, 0.25) is 0 Å². The van der Waals surface area contributed by atoms with Gasteiger partial charge in [-0.05, 0) is 24.6 Å². The highest BCUT2D eigenvalue weighted by Gasteiger charge is 2.37. The molecule has 1 N–H and O–H groups in total. The standard InChI is InChI=1S/C18H19N3O5/c1-25-15-8-13(9-17(22)23)21(11-15)18(24)12-3-2-4-14(7-12)26-16-10-19-5-6-20-16/h2-7,10,13,15H,8-9,11H2,1H3,(H,22,23). The number of hydrogen-bond acceptors (Lipinski definition) is 6. The first-order chi connectivity index (χ1) is 12.6. The monoisotopic (exact) mass is 357 g/mol. The van der Waals surface area contributed by atoms with Gasteiger partial charge in [0.25, 0.3) is 5.91 Å². The van der Waals surface area contributed by atoms with E-state index in [9.17, 15) is 9.59 Å². The van der Waals surface area contributed by atoms with Gasteiger partial charge in [-0.15, -0.1) is 0 Å². The number of aliphatic carboxylic acids is 1. The number of carboxylic acid groups (broad SMARTS) is 1. The zero-order valence-electron chi connectivity index (χ0n) is 14.2. The highest BCUT2D eigenvalue weighted by atomic mass is 16.5. The minimum absolute atomic E-state index is 0.110. The van der Waals surface area contributed by atoms with Gasteiger partial charge in [0.1, 0.15) is 5.75 Å². The Balaban J connectivity index is 1.78. The molecule has 1 fully saturated rings. The lowest BCUT2D eigenvalue weighted by Gasteiger charge is -2.23. The fourth-order valence-electron chi connectivity index (χ4n) is 3.01. The van der Waals surface area contributed by atoms with Gasteiger partial charge in [0.05, 0.1) is 18.7 Å². The van der Waals surface area contributed by atoms with E-state index >= 15 is 0 Å². The van der Waals surface area contributed by atoms with E-state index in [0.717, 1.165) is 0 Å². The van der Waals surface area contributed by atoms with Gasteiger partial charge in [-0.1, -0.05) is 6.07 Å². The van der Waals surface area contributed by atoms with Gasteiger partial charge in [-0.3, -0.25) is 14.6 Å². The molecule has 26 heavy (non-hydrogen) atoms. The molecule has 0 saturated carbocycles. The van der Waals surface area contributed by atoms with Gasteiger partial charge in [0.15, 0.2) is 0 Å². The third kappa shape index (κ3) is 4.15. The van der Waals surface area contributed by atoms with Gasteiger partial charge in [-0.25, -0.2) is 4.98 Å². The summed E-state index contributed by atoms with van der Waals surface area (Å²) in [5, 5.41) is 9.10. The van der Waals surface area contributed by atoms with Gasteiger partial charge in [0.2, 0.25) is 5.88 Å². The van der Waals surface area contributed by atoms with Crippen LogP contribution in [-0.4, -0.2) is 57.7 Å². The molecule has 1 aliphatic rings. The number of nitrogens with zero attached hydrogens (tertiary/aromatic N) is 3. The molecule has 2 aromatic rings. The molecule has 0 bridgehead atoms. The fourth-order valence-corrected chi connectivity index (χ4v) is 3.01. The van der Waals surface area contributed by atoms with E-state index in [2.05, 4.69) is 9.97 Å². The van der Waals surface area contributed by atoms with Crippen molar-refractivity contribution in [3.63, 3.8) is 0 Å². The molecule has 8 heteroatoms. The van der Waals surface area contributed by atoms with Crippen LogP contribution in [0, 0.1) is 0 Å². The highest BCUT2D eigenvalue weighted by molar-refractivity contribution is 5.95. The van der Waals surface area contributed by atoms with Crippen molar-refractivity contribution in [2.24, 2.45) is 0 Å². The summed E-state index contributed by atoms with van der Waals surface area (Å²) in [4.78, 5) is 33.5. The number of aromatic nitrogens is 2. The van der Waals surface area contributed by atoms with Crippen molar-refractivity contribution in [2.45, 2.75) is 25.0 Å². The van der Waals surface area contributed by atoms with E-state index in [0.29, 0.717) is 30.2 Å². The predicted molar refractivity (Wildman–Crippen MR) is 91.0 cm³/mol. The van der Waals surface area contributed by atoms with Crippen molar-refractivity contribution >= 4 is 11.9 Å². The predicted octanol–water partition coefficient (Wildman–Crippen LogP) is 1.97. The minimum atomic E-state index is -0.940. The van der Waals surface area contributed by atoms with Crippen LogP contribution >= 0.6 is 0 Å². The Morgan fingerprint density at radius 2 is 2.19 bits per heavy atom. The van der Waals surface area contributed by atoms with Crippen molar-refractivity contribution < 1.29 is 24.2 Å². The first-order valence-corrected chi connectivity index (χ1v) is 8.16. The molecule has 0 aliphatic carbocycles. The number of methoxy groups -OCH3 is 1. The number of benzene rings is 1. The number of amides is 1. The summed E-state index contributed by atoms with van der Waals surface area (Å²) < 4.78 is 10.9. The van der Waals surface area contributed by atoms with E-state index in [1.54, 1.807) is 36.3 Å². The summed E-state index contributed by atoms with van der Waals surface area (Å²) in [5.74, 6) is -0.417. The number of carbonyl (C=O) groups is 2. The molecule has 2 heterocycles. The zero-order chi connectivity index (χ0) is 18.5. The molecule has 1 amide bonds. The molecule has 8 nitrogen and oxygen atoms in total. The lowest BCUT2D eigenvalue weighted by atomic mass is 10.1. The maximum absolute atomic E-state index is 12.9. The van der Waals surface area contributed by atoms with Crippen LogP contribution < -0.4 is 4.74 Å². The zero-order valence-corrected chi connectivity index (χ0v) is 14.2. The SMILES string of the molecule is COC1CC(CC(=O)O)N(C(=O)c2cccc(Oc3cnccn3)c2)C1. The van der Waals surface area contributed by atoms with Crippen molar-refractivity contribution in [1.29, 1.82) is 0 Å². The van der Waals surface area contributed by atoms with Crippen molar-refractivity contribution in [1.82, 2.24) is 14.9 Å². The minimum Gasteiger partial charge on any atom is -0.481 e. The molecular weight excluding hydrogens is 338 g/mol. The van der Waals surface area contributed by atoms with Crippen LogP contribution in [0.5, 0.6) is 11.6 Å². The van der Waals surface area contributed by atoms with Crippen molar-refractivity contribution in [3.8, 4) is 11.6 Å². The number of hydrogen-bond donors (Lipinski definition) is 1. The Morgan fingerprint density at radius 1 is 1.35 bits per heavy atom. The lowest BCUT2D eigenvalue weighted by molar-refractivity contribution is -0.138. The maximum Gasteiger partial charge on any atom is 0.305 e. The van der Waals surface area contributed by atoms with Crippen LogP contribution in [0.1, 0.15) is 23.2 Å². The molecule has 3 rings (SSSR count). The van der Waals surface area contributed by atoms with Gasteiger partial charge in [-0.2, -0.15) is 0 Å². The number of likely N-dealkylation sites (tertiary alicyclic amines) is 1. The average Bonchev–Trinajstić information content (AvgIpc) is 3.04. The molecule has 1 aromatic heterocycles. The lowest BCUT2D eigenvalue weighted by Crippen LogP contribution is -2.37. The second-order valence-electron chi connectivity index (χ2n) is 5.98. The molecule has 1 saturated heterocycles. The Hall–Kier alpha value is -3.00. The number of rotatable bonds is 6. The number of carboxylic acids is 1.